The maximum absolute atomic E-state index is 11.9. The highest BCUT2D eigenvalue weighted by Crippen LogP contribution is 2.20. The second kappa shape index (κ2) is 5.89. The number of carbonyl (C=O) groups excluding carboxylic acids is 1. The highest BCUT2D eigenvalue weighted by molar-refractivity contribution is 5.92. The Balaban J connectivity index is 1.63. The Morgan fingerprint density at radius 2 is 2.00 bits per heavy atom. The fourth-order valence-corrected chi connectivity index (χ4v) is 2.21. The lowest BCUT2D eigenvalue weighted by Crippen LogP contribution is -2.20. The van der Waals surface area contributed by atoms with Crippen molar-refractivity contribution in [3.8, 4) is 5.75 Å². The number of anilines is 1. The standard InChI is InChI=1S/C17H17N3O2/c1-12-16(10-18-20(12)2)19-17(21)11-22-15-8-7-13-5-3-4-6-14(13)9-15/h3-10H,11H2,1-2H3,(H,19,21). The molecule has 0 aliphatic carbocycles. The smallest absolute Gasteiger partial charge is 0.262 e. The summed E-state index contributed by atoms with van der Waals surface area (Å²) in [4.78, 5) is 11.9. The van der Waals surface area contributed by atoms with Crippen molar-refractivity contribution in [1.82, 2.24) is 9.78 Å². The normalized spacial score (nSPS) is 10.6. The van der Waals surface area contributed by atoms with Crippen LogP contribution in [-0.2, 0) is 11.8 Å². The maximum Gasteiger partial charge on any atom is 0.262 e. The molecule has 1 heterocycles. The molecule has 5 nitrogen and oxygen atoms in total. The SMILES string of the molecule is Cc1c(NC(=O)COc2ccc3ccccc3c2)cnn1C. The van der Waals surface area contributed by atoms with Crippen molar-refractivity contribution in [2.75, 3.05) is 11.9 Å². The summed E-state index contributed by atoms with van der Waals surface area (Å²) < 4.78 is 7.26. The van der Waals surface area contributed by atoms with E-state index in [0.29, 0.717) is 11.4 Å². The molecule has 22 heavy (non-hydrogen) atoms. The molecule has 0 aliphatic heterocycles. The number of ether oxygens (including phenoxy) is 1. The summed E-state index contributed by atoms with van der Waals surface area (Å²) in [6.07, 6.45) is 1.63. The zero-order valence-electron chi connectivity index (χ0n) is 12.5. The Morgan fingerprint density at radius 3 is 2.73 bits per heavy atom. The number of nitrogens with one attached hydrogen (secondary N) is 1. The monoisotopic (exact) mass is 295 g/mol. The van der Waals surface area contributed by atoms with E-state index in [1.165, 1.54) is 0 Å². The van der Waals surface area contributed by atoms with Crippen molar-refractivity contribution in [2.24, 2.45) is 7.05 Å². The molecule has 0 atom stereocenters. The minimum atomic E-state index is -0.204. The van der Waals surface area contributed by atoms with Gasteiger partial charge in [-0.25, -0.2) is 0 Å². The molecule has 0 unspecified atom stereocenters. The summed E-state index contributed by atoms with van der Waals surface area (Å²) in [7, 11) is 1.83. The van der Waals surface area contributed by atoms with Gasteiger partial charge in [-0.05, 0) is 29.8 Å². The third-order valence-electron chi connectivity index (χ3n) is 3.60. The molecule has 2 aromatic carbocycles. The van der Waals surface area contributed by atoms with Crippen molar-refractivity contribution in [1.29, 1.82) is 0 Å². The average Bonchev–Trinajstić information content (AvgIpc) is 2.85. The van der Waals surface area contributed by atoms with E-state index in [0.717, 1.165) is 16.5 Å². The number of rotatable bonds is 4. The van der Waals surface area contributed by atoms with Crippen LogP contribution in [0.15, 0.2) is 48.7 Å². The van der Waals surface area contributed by atoms with Crippen LogP contribution in [0.3, 0.4) is 0 Å². The van der Waals surface area contributed by atoms with E-state index in [1.54, 1.807) is 10.9 Å². The average molecular weight is 295 g/mol. The van der Waals surface area contributed by atoms with Crippen LogP contribution in [0.1, 0.15) is 5.69 Å². The van der Waals surface area contributed by atoms with Crippen molar-refractivity contribution >= 4 is 22.4 Å². The molecule has 0 fully saturated rings. The van der Waals surface area contributed by atoms with Crippen LogP contribution in [0.5, 0.6) is 5.75 Å². The Bertz CT molecular complexity index is 824. The summed E-state index contributed by atoms with van der Waals surface area (Å²) in [6.45, 7) is 1.86. The molecule has 0 spiro atoms. The topological polar surface area (TPSA) is 56.1 Å². The fraction of sp³-hybridized carbons (Fsp3) is 0.176. The van der Waals surface area contributed by atoms with Gasteiger partial charge < -0.3 is 10.1 Å². The van der Waals surface area contributed by atoms with Gasteiger partial charge in [0.25, 0.3) is 5.91 Å². The molecule has 112 valence electrons. The van der Waals surface area contributed by atoms with Gasteiger partial charge in [-0.2, -0.15) is 5.10 Å². The van der Waals surface area contributed by atoms with E-state index >= 15 is 0 Å². The van der Waals surface area contributed by atoms with Crippen LogP contribution in [0, 0.1) is 6.92 Å². The Hall–Kier alpha value is -2.82. The largest absolute Gasteiger partial charge is 0.484 e. The summed E-state index contributed by atoms with van der Waals surface area (Å²) in [5.41, 5.74) is 1.61. The van der Waals surface area contributed by atoms with Crippen LogP contribution in [0.25, 0.3) is 10.8 Å². The summed E-state index contributed by atoms with van der Waals surface area (Å²) >= 11 is 0. The number of benzene rings is 2. The van der Waals surface area contributed by atoms with Gasteiger partial charge in [-0.15, -0.1) is 0 Å². The molecule has 0 saturated heterocycles. The van der Waals surface area contributed by atoms with E-state index in [2.05, 4.69) is 10.4 Å². The number of fused-ring (bicyclic) bond motifs is 1. The number of carbonyl (C=O) groups is 1. The second-order valence-electron chi connectivity index (χ2n) is 5.11. The number of hydrogen-bond acceptors (Lipinski definition) is 3. The van der Waals surface area contributed by atoms with Crippen LogP contribution >= 0.6 is 0 Å². The molecule has 3 aromatic rings. The Labute approximate surface area is 128 Å². The van der Waals surface area contributed by atoms with E-state index in [9.17, 15) is 4.79 Å². The van der Waals surface area contributed by atoms with E-state index in [-0.39, 0.29) is 12.5 Å². The van der Waals surface area contributed by atoms with E-state index in [4.69, 9.17) is 4.74 Å². The lowest BCUT2D eigenvalue weighted by Gasteiger charge is -2.08. The van der Waals surface area contributed by atoms with Crippen molar-refractivity contribution in [2.45, 2.75) is 6.92 Å². The van der Waals surface area contributed by atoms with Crippen molar-refractivity contribution in [3.05, 3.63) is 54.4 Å². The minimum absolute atomic E-state index is 0.0350. The zero-order valence-corrected chi connectivity index (χ0v) is 12.5. The predicted octanol–water partition coefficient (Wildman–Crippen LogP) is 2.90. The maximum atomic E-state index is 11.9. The van der Waals surface area contributed by atoms with E-state index in [1.807, 2.05) is 56.4 Å². The quantitative estimate of drug-likeness (QED) is 0.805. The van der Waals surface area contributed by atoms with Gasteiger partial charge in [0.1, 0.15) is 5.75 Å². The van der Waals surface area contributed by atoms with Gasteiger partial charge in [0, 0.05) is 7.05 Å². The number of aryl methyl sites for hydroxylation is 1. The molecular weight excluding hydrogens is 278 g/mol. The van der Waals surface area contributed by atoms with Gasteiger partial charge in [0.05, 0.1) is 17.6 Å². The van der Waals surface area contributed by atoms with E-state index < -0.39 is 0 Å². The summed E-state index contributed by atoms with van der Waals surface area (Å²) in [5, 5.41) is 9.10. The third kappa shape index (κ3) is 2.93. The second-order valence-corrected chi connectivity index (χ2v) is 5.11. The molecule has 0 bridgehead atoms. The number of hydrogen-bond donors (Lipinski definition) is 1. The number of aromatic nitrogens is 2. The van der Waals surface area contributed by atoms with Gasteiger partial charge in [0.2, 0.25) is 0 Å². The molecule has 0 aliphatic rings. The van der Waals surface area contributed by atoms with Crippen molar-refractivity contribution < 1.29 is 9.53 Å². The van der Waals surface area contributed by atoms with Gasteiger partial charge in [0.15, 0.2) is 6.61 Å². The molecule has 0 saturated carbocycles. The number of nitrogens with zero attached hydrogens (tertiary/aromatic N) is 2. The summed E-state index contributed by atoms with van der Waals surface area (Å²) in [6, 6.07) is 13.8. The van der Waals surface area contributed by atoms with Gasteiger partial charge >= 0.3 is 0 Å². The first kappa shape index (κ1) is 14.1. The minimum Gasteiger partial charge on any atom is -0.484 e. The highest BCUT2D eigenvalue weighted by atomic mass is 16.5. The first-order valence-electron chi connectivity index (χ1n) is 7.03. The molecule has 1 amide bonds. The van der Waals surface area contributed by atoms with Gasteiger partial charge in [-0.3, -0.25) is 9.48 Å². The van der Waals surface area contributed by atoms with Crippen LogP contribution in [0.2, 0.25) is 0 Å². The van der Waals surface area contributed by atoms with Crippen LogP contribution in [-0.4, -0.2) is 22.3 Å². The van der Waals surface area contributed by atoms with Crippen LogP contribution in [0.4, 0.5) is 5.69 Å². The van der Waals surface area contributed by atoms with Crippen LogP contribution < -0.4 is 10.1 Å². The summed E-state index contributed by atoms with van der Waals surface area (Å²) in [5.74, 6) is 0.473. The lowest BCUT2D eigenvalue weighted by atomic mass is 10.1. The third-order valence-corrected chi connectivity index (χ3v) is 3.60. The zero-order chi connectivity index (χ0) is 15.5. The first-order valence-corrected chi connectivity index (χ1v) is 7.03. The highest BCUT2D eigenvalue weighted by Gasteiger charge is 2.08. The first-order chi connectivity index (χ1) is 10.6. The van der Waals surface area contributed by atoms with Gasteiger partial charge in [-0.1, -0.05) is 30.3 Å². The Morgan fingerprint density at radius 1 is 1.23 bits per heavy atom. The van der Waals surface area contributed by atoms with Crippen molar-refractivity contribution in [3.63, 3.8) is 0 Å². The molecule has 1 aromatic heterocycles. The molecule has 0 radical (unpaired) electrons. The number of amides is 1. The lowest BCUT2D eigenvalue weighted by molar-refractivity contribution is -0.118. The molecule has 5 heteroatoms. The molecule has 3 rings (SSSR count). The fourth-order valence-electron chi connectivity index (χ4n) is 2.21. The molecular formula is C17H17N3O2. The molecule has 1 N–H and O–H groups in total. The predicted molar refractivity (Wildman–Crippen MR) is 86.0 cm³/mol. The Kier molecular flexibility index (Phi) is 3.78.